The predicted molar refractivity (Wildman–Crippen MR) is 177 cm³/mol. The van der Waals surface area contributed by atoms with Crippen LogP contribution in [0.5, 0.6) is 0 Å². The Hall–Kier alpha value is -5.09. The fraction of sp³-hybridized carbons (Fsp3) is 0.342. The summed E-state index contributed by atoms with van der Waals surface area (Å²) in [5.41, 5.74) is 2.64. The van der Waals surface area contributed by atoms with Crippen LogP contribution in [0.2, 0.25) is 0 Å². The minimum Gasteiger partial charge on any atom is -0.481 e. The van der Waals surface area contributed by atoms with Gasteiger partial charge < -0.3 is 10.0 Å². The molecule has 0 aromatic heterocycles. The van der Waals surface area contributed by atoms with Crippen molar-refractivity contribution in [1.29, 1.82) is 0 Å². The number of carbonyl (C=O) groups is 7. The zero-order chi connectivity index (χ0) is 34.5. The lowest BCUT2D eigenvalue weighted by Crippen LogP contribution is -2.58. The highest BCUT2D eigenvalue weighted by Gasteiger charge is 2.43. The van der Waals surface area contributed by atoms with Crippen molar-refractivity contribution >= 4 is 40.8 Å². The summed E-state index contributed by atoms with van der Waals surface area (Å²) in [4.78, 5) is 88.3. The summed E-state index contributed by atoms with van der Waals surface area (Å²) in [6, 6.07) is 30.7. The van der Waals surface area contributed by atoms with E-state index in [0.29, 0.717) is 26.2 Å². The first-order chi connectivity index (χ1) is 23.1. The Bertz CT molecular complexity index is 1520. The van der Waals surface area contributed by atoms with Crippen LogP contribution in [0, 0.1) is 0 Å². The van der Waals surface area contributed by atoms with E-state index in [9.17, 15) is 33.6 Å². The SMILES string of the molecule is O=C(O)CCC(=O)C(=O)CCC(=O)CCC(=O)CCC(=O)C(=O)N1CCN(C(c2ccccc2)(c2ccccc2)c2ccccc2)CC1. The summed E-state index contributed by atoms with van der Waals surface area (Å²) in [5.74, 6) is -4.87. The first kappa shape index (κ1) is 35.8. The quantitative estimate of drug-likeness (QED) is 0.158. The molecular formula is C38H40N2O8. The molecular weight excluding hydrogens is 612 g/mol. The van der Waals surface area contributed by atoms with Crippen LogP contribution in [-0.2, 0) is 39.1 Å². The average molecular weight is 653 g/mol. The number of carboxylic acid groups (broad SMARTS) is 1. The molecule has 48 heavy (non-hydrogen) atoms. The molecule has 0 saturated carbocycles. The van der Waals surface area contributed by atoms with E-state index in [1.165, 1.54) is 4.90 Å². The molecule has 4 rings (SSSR count). The molecule has 0 unspecified atom stereocenters. The molecule has 0 atom stereocenters. The third-order valence-electron chi connectivity index (χ3n) is 8.68. The van der Waals surface area contributed by atoms with Gasteiger partial charge in [0, 0.05) is 71.1 Å². The van der Waals surface area contributed by atoms with Crippen molar-refractivity contribution in [1.82, 2.24) is 9.80 Å². The lowest BCUT2D eigenvalue weighted by Gasteiger charge is -2.49. The minimum atomic E-state index is -1.19. The molecule has 1 aliphatic heterocycles. The molecule has 0 spiro atoms. The third kappa shape index (κ3) is 9.04. The highest BCUT2D eigenvalue weighted by atomic mass is 16.4. The summed E-state index contributed by atoms with van der Waals surface area (Å²) in [7, 11) is 0. The van der Waals surface area contributed by atoms with Gasteiger partial charge in [-0.25, -0.2) is 0 Å². The standard InChI is InChI=1S/C38H40N2O8/c41-31(18-20-33(43)34(44)22-23-36(46)47)16-17-32(42)19-21-35(45)37(48)39-24-26-40(27-25-39)38(28-10-4-1-5-11-28,29-12-6-2-7-13-29)30-14-8-3-9-15-30/h1-15H,16-27H2,(H,46,47). The van der Waals surface area contributed by atoms with Crippen LogP contribution < -0.4 is 0 Å². The predicted octanol–water partition coefficient (Wildman–Crippen LogP) is 4.17. The summed E-state index contributed by atoms with van der Waals surface area (Å²) in [6.07, 6.45) is -2.16. The van der Waals surface area contributed by atoms with E-state index in [4.69, 9.17) is 5.11 Å². The summed E-state index contributed by atoms with van der Waals surface area (Å²) < 4.78 is 0. The van der Waals surface area contributed by atoms with Crippen molar-refractivity contribution in [2.45, 2.75) is 56.9 Å². The van der Waals surface area contributed by atoms with Crippen LogP contribution in [0.3, 0.4) is 0 Å². The second-order valence-corrected chi connectivity index (χ2v) is 11.8. The molecule has 1 saturated heterocycles. The number of benzene rings is 3. The molecule has 0 aliphatic carbocycles. The van der Waals surface area contributed by atoms with Crippen molar-refractivity contribution in [2.24, 2.45) is 0 Å². The summed E-state index contributed by atoms with van der Waals surface area (Å²) >= 11 is 0. The topological polar surface area (TPSA) is 146 Å². The summed E-state index contributed by atoms with van der Waals surface area (Å²) in [5, 5.41) is 8.61. The van der Waals surface area contributed by atoms with Gasteiger partial charge in [0.25, 0.3) is 5.91 Å². The summed E-state index contributed by atoms with van der Waals surface area (Å²) in [6.45, 7) is 1.68. The number of amides is 1. The number of carbonyl (C=O) groups excluding carboxylic acids is 6. The van der Waals surface area contributed by atoms with Crippen molar-refractivity contribution < 1.29 is 38.7 Å². The largest absolute Gasteiger partial charge is 0.481 e. The van der Waals surface area contributed by atoms with Gasteiger partial charge in [-0.3, -0.25) is 38.5 Å². The van der Waals surface area contributed by atoms with Gasteiger partial charge in [0.1, 0.15) is 11.6 Å². The Labute approximate surface area is 279 Å². The Morgan fingerprint density at radius 3 is 1.23 bits per heavy atom. The molecule has 1 aliphatic rings. The van der Waals surface area contributed by atoms with Crippen molar-refractivity contribution in [3.63, 3.8) is 0 Å². The molecule has 1 heterocycles. The fourth-order valence-corrected chi connectivity index (χ4v) is 6.15. The van der Waals surface area contributed by atoms with E-state index >= 15 is 0 Å². The van der Waals surface area contributed by atoms with E-state index in [1.54, 1.807) is 0 Å². The molecule has 0 radical (unpaired) electrons. The first-order valence-electron chi connectivity index (χ1n) is 16.2. The number of carboxylic acids is 1. The van der Waals surface area contributed by atoms with E-state index in [2.05, 4.69) is 41.3 Å². The number of Topliss-reactive ketones (excluding diaryl/α,β-unsaturated/α-hetero) is 5. The van der Waals surface area contributed by atoms with Gasteiger partial charge in [-0.15, -0.1) is 0 Å². The normalized spacial score (nSPS) is 13.5. The molecule has 1 N–H and O–H groups in total. The molecule has 250 valence electrons. The van der Waals surface area contributed by atoms with Crippen LogP contribution in [0.25, 0.3) is 0 Å². The molecule has 10 nitrogen and oxygen atoms in total. The van der Waals surface area contributed by atoms with Crippen molar-refractivity contribution in [2.75, 3.05) is 26.2 Å². The number of ketones is 5. The van der Waals surface area contributed by atoms with Crippen LogP contribution in [-0.4, -0.2) is 81.9 Å². The number of rotatable bonds is 18. The maximum Gasteiger partial charge on any atom is 0.303 e. The first-order valence-corrected chi connectivity index (χ1v) is 16.2. The van der Waals surface area contributed by atoms with Crippen LogP contribution >= 0.6 is 0 Å². The van der Waals surface area contributed by atoms with Gasteiger partial charge in [-0.05, 0) is 16.7 Å². The van der Waals surface area contributed by atoms with Gasteiger partial charge >= 0.3 is 5.97 Å². The molecule has 1 fully saturated rings. The van der Waals surface area contributed by atoms with Gasteiger partial charge in [0.15, 0.2) is 11.6 Å². The van der Waals surface area contributed by atoms with Crippen molar-refractivity contribution in [3.8, 4) is 0 Å². The highest BCUT2D eigenvalue weighted by molar-refractivity contribution is 6.37. The van der Waals surface area contributed by atoms with E-state index < -0.39 is 47.6 Å². The van der Waals surface area contributed by atoms with Gasteiger partial charge in [-0.1, -0.05) is 91.0 Å². The third-order valence-corrected chi connectivity index (χ3v) is 8.68. The smallest absolute Gasteiger partial charge is 0.303 e. The molecule has 1 amide bonds. The number of nitrogens with zero attached hydrogens (tertiary/aromatic N) is 2. The van der Waals surface area contributed by atoms with E-state index in [0.717, 1.165) is 16.7 Å². The van der Waals surface area contributed by atoms with Gasteiger partial charge in [0.2, 0.25) is 5.78 Å². The Morgan fingerprint density at radius 2 is 0.833 bits per heavy atom. The van der Waals surface area contributed by atoms with Crippen LogP contribution in [0.1, 0.15) is 68.1 Å². The van der Waals surface area contributed by atoms with Gasteiger partial charge in [0.05, 0.1) is 12.0 Å². The van der Waals surface area contributed by atoms with E-state index in [1.807, 2.05) is 54.6 Å². The lowest BCUT2D eigenvalue weighted by molar-refractivity contribution is -0.146. The monoisotopic (exact) mass is 652 g/mol. The zero-order valence-corrected chi connectivity index (χ0v) is 26.8. The molecule has 0 bridgehead atoms. The Kier molecular flexibility index (Phi) is 12.8. The van der Waals surface area contributed by atoms with Crippen molar-refractivity contribution in [3.05, 3.63) is 108 Å². The average Bonchev–Trinajstić information content (AvgIpc) is 3.12. The van der Waals surface area contributed by atoms with E-state index in [-0.39, 0.29) is 50.1 Å². The fourth-order valence-electron chi connectivity index (χ4n) is 6.15. The molecule has 3 aromatic rings. The second kappa shape index (κ2) is 17.2. The Morgan fingerprint density at radius 1 is 0.479 bits per heavy atom. The zero-order valence-electron chi connectivity index (χ0n) is 26.8. The van der Waals surface area contributed by atoms with Crippen LogP contribution in [0.4, 0.5) is 0 Å². The van der Waals surface area contributed by atoms with Gasteiger partial charge in [-0.2, -0.15) is 0 Å². The molecule has 3 aromatic carbocycles. The maximum absolute atomic E-state index is 13.1. The number of hydrogen-bond donors (Lipinski definition) is 1. The lowest BCUT2D eigenvalue weighted by atomic mass is 9.75. The number of piperazine rings is 1. The highest BCUT2D eigenvalue weighted by Crippen LogP contribution is 2.42. The van der Waals surface area contributed by atoms with Crippen LogP contribution in [0.15, 0.2) is 91.0 Å². The number of hydrogen-bond acceptors (Lipinski definition) is 8. The maximum atomic E-state index is 13.1. The second-order valence-electron chi connectivity index (χ2n) is 11.8. The minimum absolute atomic E-state index is 0.138. The Balaban J connectivity index is 1.31. The molecule has 10 heteroatoms. The number of aliphatic carboxylic acids is 1.